The Morgan fingerprint density at radius 3 is 2.39 bits per heavy atom. The van der Waals surface area contributed by atoms with E-state index >= 15 is 0 Å². The third kappa shape index (κ3) is 4.47. The molecule has 0 spiro atoms. The highest BCUT2D eigenvalue weighted by Crippen LogP contribution is 2.22. The number of carbonyl (C=O) groups is 2. The molecule has 2 aromatic rings. The molecule has 2 aromatic carbocycles. The van der Waals surface area contributed by atoms with Crippen molar-refractivity contribution in [3.05, 3.63) is 59.1 Å². The number of benzene rings is 2. The van der Waals surface area contributed by atoms with E-state index in [0.717, 1.165) is 0 Å². The molecule has 0 heterocycles. The average molecular weight is 334 g/mol. The van der Waals surface area contributed by atoms with Crippen LogP contribution in [0.5, 0.6) is 5.75 Å². The molecule has 0 aliphatic carbocycles. The Labute approximate surface area is 138 Å². The van der Waals surface area contributed by atoms with Gasteiger partial charge in [0.1, 0.15) is 5.75 Å². The maximum absolute atomic E-state index is 12.4. The standard InChI is InChI=1S/C17H16ClNO4/c1-17(2,23-14-8-6-12(18)7-9-14)16(22)19-13-5-3-4-11(10-13)15(20)21/h3-10H,1-2H3,(H,19,22)(H,20,21). The van der Waals surface area contributed by atoms with Crippen LogP contribution in [0.3, 0.4) is 0 Å². The highest BCUT2D eigenvalue weighted by Gasteiger charge is 2.30. The maximum atomic E-state index is 12.4. The van der Waals surface area contributed by atoms with Crippen LogP contribution in [0, 0.1) is 0 Å². The van der Waals surface area contributed by atoms with Crippen LogP contribution in [-0.2, 0) is 4.79 Å². The highest BCUT2D eigenvalue weighted by molar-refractivity contribution is 6.30. The molecule has 0 fully saturated rings. The largest absolute Gasteiger partial charge is 0.478 e. The molecule has 0 unspecified atom stereocenters. The zero-order valence-corrected chi connectivity index (χ0v) is 13.4. The van der Waals surface area contributed by atoms with Crippen molar-refractivity contribution in [1.29, 1.82) is 0 Å². The molecule has 0 saturated carbocycles. The topological polar surface area (TPSA) is 75.6 Å². The highest BCUT2D eigenvalue weighted by atomic mass is 35.5. The summed E-state index contributed by atoms with van der Waals surface area (Å²) < 4.78 is 5.68. The lowest BCUT2D eigenvalue weighted by Crippen LogP contribution is -2.42. The Hall–Kier alpha value is -2.53. The molecular formula is C17H16ClNO4. The lowest BCUT2D eigenvalue weighted by atomic mass is 10.1. The quantitative estimate of drug-likeness (QED) is 0.871. The van der Waals surface area contributed by atoms with E-state index in [-0.39, 0.29) is 5.56 Å². The van der Waals surface area contributed by atoms with Crippen LogP contribution in [0.25, 0.3) is 0 Å². The van der Waals surface area contributed by atoms with Crippen LogP contribution in [0.2, 0.25) is 5.02 Å². The molecule has 0 aliphatic rings. The predicted molar refractivity (Wildman–Crippen MR) is 88.2 cm³/mol. The van der Waals surface area contributed by atoms with Gasteiger partial charge in [-0.2, -0.15) is 0 Å². The van der Waals surface area contributed by atoms with Crippen LogP contribution in [0.15, 0.2) is 48.5 Å². The van der Waals surface area contributed by atoms with Crippen molar-refractivity contribution < 1.29 is 19.4 Å². The van der Waals surface area contributed by atoms with E-state index in [4.69, 9.17) is 21.4 Å². The fraction of sp³-hybridized carbons (Fsp3) is 0.176. The van der Waals surface area contributed by atoms with E-state index in [9.17, 15) is 9.59 Å². The van der Waals surface area contributed by atoms with E-state index in [0.29, 0.717) is 16.5 Å². The van der Waals surface area contributed by atoms with Gasteiger partial charge in [0, 0.05) is 10.7 Å². The summed E-state index contributed by atoms with van der Waals surface area (Å²) in [6.07, 6.45) is 0. The van der Waals surface area contributed by atoms with E-state index in [1.165, 1.54) is 12.1 Å². The van der Waals surface area contributed by atoms with Crippen LogP contribution < -0.4 is 10.1 Å². The summed E-state index contributed by atoms with van der Waals surface area (Å²) in [6.45, 7) is 3.25. The summed E-state index contributed by atoms with van der Waals surface area (Å²) in [7, 11) is 0. The summed E-state index contributed by atoms with van der Waals surface area (Å²) in [5.74, 6) is -0.943. The molecule has 120 valence electrons. The molecule has 0 bridgehead atoms. The predicted octanol–water partition coefficient (Wildman–Crippen LogP) is 3.83. The molecule has 0 aliphatic heterocycles. The number of carboxylic acid groups (broad SMARTS) is 1. The maximum Gasteiger partial charge on any atom is 0.335 e. The zero-order chi connectivity index (χ0) is 17.0. The Morgan fingerprint density at radius 2 is 1.78 bits per heavy atom. The second-order valence-electron chi connectivity index (χ2n) is 5.41. The molecule has 0 atom stereocenters. The minimum absolute atomic E-state index is 0.0965. The van der Waals surface area contributed by atoms with Gasteiger partial charge in [-0.3, -0.25) is 4.79 Å². The van der Waals surface area contributed by atoms with Crippen molar-refractivity contribution in [2.24, 2.45) is 0 Å². The van der Waals surface area contributed by atoms with Crippen LogP contribution in [-0.4, -0.2) is 22.6 Å². The van der Waals surface area contributed by atoms with Gasteiger partial charge in [-0.15, -0.1) is 0 Å². The molecule has 2 rings (SSSR count). The first-order valence-electron chi connectivity index (χ1n) is 6.87. The Morgan fingerprint density at radius 1 is 1.13 bits per heavy atom. The van der Waals surface area contributed by atoms with Crippen LogP contribution >= 0.6 is 11.6 Å². The Bertz CT molecular complexity index is 726. The van der Waals surface area contributed by atoms with E-state index in [2.05, 4.69) is 5.32 Å². The number of hydrogen-bond donors (Lipinski definition) is 2. The molecule has 2 N–H and O–H groups in total. The monoisotopic (exact) mass is 333 g/mol. The normalized spacial score (nSPS) is 10.9. The van der Waals surface area contributed by atoms with Crippen molar-refractivity contribution in [2.45, 2.75) is 19.4 Å². The fourth-order valence-electron chi connectivity index (χ4n) is 1.86. The minimum atomic E-state index is -1.15. The first-order chi connectivity index (χ1) is 10.8. The van der Waals surface area contributed by atoms with Gasteiger partial charge in [0.05, 0.1) is 5.56 Å². The summed E-state index contributed by atoms with van der Waals surface area (Å²) >= 11 is 5.81. The van der Waals surface area contributed by atoms with Gasteiger partial charge >= 0.3 is 5.97 Å². The summed E-state index contributed by atoms with van der Waals surface area (Å²) in [6, 6.07) is 12.7. The third-order valence-corrected chi connectivity index (χ3v) is 3.35. The molecule has 5 nitrogen and oxygen atoms in total. The number of nitrogens with one attached hydrogen (secondary N) is 1. The lowest BCUT2D eigenvalue weighted by molar-refractivity contribution is -0.128. The Balaban J connectivity index is 2.10. The first kappa shape index (κ1) is 16.8. The zero-order valence-electron chi connectivity index (χ0n) is 12.7. The van der Waals surface area contributed by atoms with Crippen molar-refractivity contribution in [3.8, 4) is 5.75 Å². The number of hydrogen-bond acceptors (Lipinski definition) is 3. The molecule has 23 heavy (non-hydrogen) atoms. The van der Waals surface area contributed by atoms with Gasteiger partial charge in [-0.05, 0) is 56.3 Å². The van der Waals surface area contributed by atoms with Gasteiger partial charge in [-0.25, -0.2) is 4.79 Å². The number of carbonyl (C=O) groups excluding carboxylic acids is 1. The number of amides is 1. The van der Waals surface area contributed by atoms with Crippen molar-refractivity contribution in [3.63, 3.8) is 0 Å². The van der Waals surface area contributed by atoms with Gasteiger partial charge in [0.2, 0.25) is 0 Å². The molecule has 1 amide bonds. The van der Waals surface area contributed by atoms with Crippen molar-refractivity contribution >= 4 is 29.2 Å². The van der Waals surface area contributed by atoms with E-state index < -0.39 is 17.5 Å². The SMILES string of the molecule is CC(C)(Oc1ccc(Cl)cc1)C(=O)Nc1cccc(C(=O)O)c1. The second-order valence-corrected chi connectivity index (χ2v) is 5.84. The number of carboxylic acids is 1. The fourth-order valence-corrected chi connectivity index (χ4v) is 1.98. The van der Waals surface area contributed by atoms with Gasteiger partial charge in [-0.1, -0.05) is 17.7 Å². The number of ether oxygens (including phenoxy) is 1. The summed E-state index contributed by atoms with van der Waals surface area (Å²) in [5, 5.41) is 12.2. The molecule has 0 radical (unpaired) electrons. The minimum Gasteiger partial charge on any atom is -0.478 e. The molecule has 0 saturated heterocycles. The average Bonchev–Trinajstić information content (AvgIpc) is 2.49. The molecule has 0 aromatic heterocycles. The number of halogens is 1. The molecular weight excluding hydrogens is 318 g/mol. The lowest BCUT2D eigenvalue weighted by Gasteiger charge is -2.25. The molecule has 6 heteroatoms. The third-order valence-electron chi connectivity index (χ3n) is 3.10. The van der Waals surface area contributed by atoms with Gasteiger partial charge in [0.25, 0.3) is 5.91 Å². The second kappa shape index (κ2) is 6.71. The van der Waals surface area contributed by atoms with Crippen LogP contribution in [0.1, 0.15) is 24.2 Å². The number of aromatic carboxylic acids is 1. The van der Waals surface area contributed by atoms with E-state index in [1.807, 2.05) is 0 Å². The van der Waals surface area contributed by atoms with Crippen LogP contribution in [0.4, 0.5) is 5.69 Å². The first-order valence-corrected chi connectivity index (χ1v) is 7.25. The van der Waals surface area contributed by atoms with Gasteiger partial charge < -0.3 is 15.2 Å². The Kier molecular flexibility index (Phi) is 4.91. The van der Waals surface area contributed by atoms with Crippen molar-refractivity contribution in [2.75, 3.05) is 5.32 Å². The number of anilines is 1. The van der Waals surface area contributed by atoms with Gasteiger partial charge in [0.15, 0.2) is 5.60 Å². The van der Waals surface area contributed by atoms with E-state index in [1.54, 1.807) is 50.2 Å². The summed E-state index contributed by atoms with van der Waals surface area (Å²) in [5.41, 5.74) is -0.658. The number of rotatable bonds is 5. The smallest absolute Gasteiger partial charge is 0.335 e. The summed E-state index contributed by atoms with van der Waals surface area (Å²) in [4.78, 5) is 23.3. The van der Waals surface area contributed by atoms with Crippen molar-refractivity contribution in [1.82, 2.24) is 0 Å².